The Labute approximate surface area is 195 Å². The van der Waals surface area contributed by atoms with E-state index in [1.807, 2.05) is 35.2 Å². The summed E-state index contributed by atoms with van der Waals surface area (Å²) >= 11 is 0. The molecule has 0 saturated carbocycles. The fourth-order valence-corrected chi connectivity index (χ4v) is 4.60. The fourth-order valence-electron chi connectivity index (χ4n) is 4.60. The fraction of sp³-hybridized carbons (Fsp3) is 0.462. The molecule has 0 unspecified atom stereocenters. The molecule has 0 spiro atoms. The number of aryl methyl sites for hydroxylation is 1. The van der Waals surface area contributed by atoms with Crippen LogP contribution in [-0.4, -0.2) is 73.5 Å². The summed E-state index contributed by atoms with van der Waals surface area (Å²) in [6.45, 7) is 4.97. The minimum Gasteiger partial charge on any atom is -0.368 e. The third-order valence-electron chi connectivity index (χ3n) is 6.62. The van der Waals surface area contributed by atoms with E-state index in [4.69, 9.17) is 0 Å². The number of rotatable bonds is 7. The maximum absolute atomic E-state index is 13.1. The highest BCUT2D eigenvalue weighted by Crippen LogP contribution is 2.17. The molecular weight excluding hydrogens is 419 g/mol. The van der Waals surface area contributed by atoms with Crippen molar-refractivity contribution in [3.8, 4) is 0 Å². The van der Waals surface area contributed by atoms with Crippen LogP contribution in [0.1, 0.15) is 24.8 Å². The number of hydrogen-bond donors (Lipinski definition) is 1. The normalized spacial score (nSPS) is 17.7. The van der Waals surface area contributed by atoms with Crippen molar-refractivity contribution in [3.63, 3.8) is 0 Å². The number of piperazine rings is 1. The van der Waals surface area contributed by atoms with Crippen LogP contribution in [0.25, 0.3) is 0 Å². The zero-order valence-corrected chi connectivity index (χ0v) is 19.1. The van der Waals surface area contributed by atoms with E-state index in [0.29, 0.717) is 26.1 Å². The molecule has 33 heavy (non-hydrogen) atoms. The second-order valence-corrected chi connectivity index (χ2v) is 8.95. The van der Waals surface area contributed by atoms with Gasteiger partial charge in [0.25, 0.3) is 0 Å². The van der Waals surface area contributed by atoms with Gasteiger partial charge < -0.3 is 15.1 Å². The Morgan fingerprint density at radius 2 is 1.55 bits per heavy atom. The van der Waals surface area contributed by atoms with E-state index in [1.165, 1.54) is 17.7 Å². The first-order valence-corrected chi connectivity index (χ1v) is 11.9. The summed E-state index contributed by atoms with van der Waals surface area (Å²) < 4.78 is 13.1. The number of halogens is 1. The summed E-state index contributed by atoms with van der Waals surface area (Å²) in [5.41, 5.74) is 2.18. The van der Waals surface area contributed by atoms with E-state index in [9.17, 15) is 14.0 Å². The van der Waals surface area contributed by atoms with Crippen molar-refractivity contribution in [1.29, 1.82) is 0 Å². The number of nitrogens with zero attached hydrogens (tertiary/aromatic N) is 3. The van der Waals surface area contributed by atoms with Gasteiger partial charge >= 0.3 is 0 Å². The van der Waals surface area contributed by atoms with Crippen molar-refractivity contribution >= 4 is 17.5 Å². The molecule has 2 aliphatic heterocycles. The van der Waals surface area contributed by atoms with Crippen LogP contribution in [0.4, 0.5) is 10.1 Å². The molecule has 1 N–H and O–H groups in total. The number of likely N-dealkylation sites (tertiary alicyclic amines) is 1. The molecule has 2 fully saturated rings. The summed E-state index contributed by atoms with van der Waals surface area (Å²) in [7, 11) is 0. The minimum atomic E-state index is -0.233. The van der Waals surface area contributed by atoms with Gasteiger partial charge in [0.1, 0.15) is 5.82 Å². The Bertz CT molecular complexity index is 906. The lowest BCUT2D eigenvalue weighted by Crippen LogP contribution is -2.52. The molecule has 0 atom stereocenters. The van der Waals surface area contributed by atoms with Gasteiger partial charge in [-0.25, -0.2) is 4.39 Å². The van der Waals surface area contributed by atoms with Crippen LogP contribution in [-0.2, 0) is 16.0 Å². The lowest BCUT2D eigenvalue weighted by Gasteiger charge is -2.38. The molecule has 176 valence electrons. The Morgan fingerprint density at radius 3 is 2.21 bits per heavy atom. The predicted molar refractivity (Wildman–Crippen MR) is 128 cm³/mol. The summed E-state index contributed by atoms with van der Waals surface area (Å²) in [6.07, 6.45) is 3.02. The topological polar surface area (TPSA) is 55.9 Å². The van der Waals surface area contributed by atoms with E-state index in [1.54, 1.807) is 12.1 Å². The summed E-state index contributed by atoms with van der Waals surface area (Å²) in [6, 6.07) is 16.8. The standard InChI is InChI=1S/C26H33FN4O2/c27-22-7-9-24(10-8-22)30-16-18-31(19-17-30)26(33)20-29-14-12-23(13-15-29)28-25(32)11-6-21-4-2-1-3-5-21/h1-5,7-10,23H,6,11-20H2,(H,28,32). The second-order valence-electron chi connectivity index (χ2n) is 8.95. The summed E-state index contributed by atoms with van der Waals surface area (Å²) in [5.74, 6) is 0.0367. The molecule has 0 radical (unpaired) electrons. The molecular formula is C26H33FN4O2. The smallest absolute Gasteiger partial charge is 0.236 e. The van der Waals surface area contributed by atoms with Crippen LogP contribution in [0, 0.1) is 5.82 Å². The zero-order valence-electron chi connectivity index (χ0n) is 19.1. The molecule has 2 aromatic rings. The third kappa shape index (κ3) is 6.78. The molecule has 2 heterocycles. The van der Waals surface area contributed by atoms with E-state index >= 15 is 0 Å². The lowest BCUT2D eigenvalue weighted by molar-refractivity contribution is -0.133. The number of hydrogen-bond acceptors (Lipinski definition) is 4. The van der Waals surface area contributed by atoms with Gasteiger partial charge in [-0.2, -0.15) is 0 Å². The van der Waals surface area contributed by atoms with Crippen molar-refractivity contribution in [2.45, 2.75) is 31.7 Å². The SMILES string of the molecule is O=C(CCc1ccccc1)NC1CCN(CC(=O)N2CCN(c3ccc(F)cc3)CC2)CC1. The number of piperidine rings is 1. The third-order valence-corrected chi connectivity index (χ3v) is 6.62. The van der Waals surface area contributed by atoms with Crippen molar-refractivity contribution in [3.05, 3.63) is 66.0 Å². The van der Waals surface area contributed by atoms with Gasteiger partial charge in [-0.05, 0) is 49.1 Å². The summed E-state index contributed by atoms with van der Waals surface area (Å²) in [4.78, 5) is 31.4. The molecule has 4 rings (SSSR count). The highest BCUT2D eigenvalue weighted by atomic mass is 19.1. The maximum Gasteiger partial charge on any atom is 0.236 e. The number of benzene rings is 2. The van der Waals surface area contributed by atoms with Crippen LogP contribution in [0.2, 0.25) is 0 Å². The van der Waals surface area contributed by atoms with Gasteiger partial charge in [0.05, 0.1) is 6.54 Å². The number of carbonyl (C=O) groups is 2. The van der Waals surface area contributed by atoms with Crippen LogP contribution < -0.4 is 10.2 Å². The Morgan fingerprint density at radius 1 is 0.879 bits per heavy atom. The molecule has 6 nitrogen and oxygen atoms in total. The minimum absolute atomic E-state index is 0.104. The van der Waals surface area contributed by atoms with Crippen LogP contribution in [0.15, 0.2) is 54.6 Å². The zero-order chi connectivity index (χ0) is 23.0. The number of carbonyl (C=O) groups excluding carboxylic acids is 2. The Hall–Kier alpha value is -2.93. The first-order chi connectivity index (χ1) is 16.1. The van der Waals surface area contributed by atoms with Crippen molar-refractivity contribution in [2.24, 2.45) is 0 Å². The van der Waals surface area contributed by atoms with Crippen LogP contribution in [0.5, 0.6) is 0 Å². The molecule has 2 saturated heterocycles. The largest absolute Gasteiger partial charge is 0.368 e. The van der Waals surface area contributed by atoms with Crippen molar-refractivity contribution in [1.82, 2.24) is 15.1 Å². The number of amides is 2. The van der Waals surface area contributed by atoms with Crippen LogP contribution in [0.3, 0.4) is 0 Å². The molecule has 2 aromatic carbocycles. The van der Waals surface area contributed by atoms with E-state index in [0.717, 1.165) is 51.1 Å². The van der Waals surface area contributed by atoms with Gasteiger partial charge in [-0.3, -0.25) is 14.5 Å². The average Bonchev–Trinajstić information content (AvgIpc) is 2.85. The lowest BCUT2D eigenvalue weighted by atomic mass is 10.0. The van der Waals surface area contributed by atoms with E-state index in [2.05, 4.69) is 15.1 Å². The van der Waals surface area contributed by atoms with Gasteiger partial charge in [0.15, 0.2) is 0 Å². The van der Waals surface area contributed by atoms with Crippen LogP contribution >= 0.6 is 0 Å². The first kappa shape index (κ1) is 23.2. The monoisotopic (exact) mass is 452 g/mol. The molecule has 0 bridgehead atoms. The number of anilines is 1. The Kier molecular flexibility index (Phi) is 7.94. The van der Waals surface area contributed by atoms with Crippen molar-refractivity contribution in [2.75, 3.05) is 50.7 Å². The maximum atomic E-state index is 13.1. The molecule has 2 aliphatic rings. The quantitative estimate of drug-likeness (QED) is 0.702. The highest BCUT2D eigenvalue weighted by Gasteiger charge is 2.26. The molecule has 7 heteroatoms. The molecule has 2 amide bonds. The second kappa shape index (κ2) is 11.3. The van der Waals surface area contributed by atoms with Gasteiger partial charge in [0.2, 0.25) is 11.8 Å². The number of nitrogens with one attached hydrogen (secondary N) is 1. The highest BCUT2D eigenvalue weighted by molar-refractivity contribution is 5.78. The van der Waals surface area contributed by atoms with Crippen molar-refractivity contribution < 1.29 is 14.0 Å². The average molecular weight is 453 g/mol. The Balaban J connectivity index is 1.13. The van der Waals surface area contributed by atoms with E-state index in [-0.39, 0.29) is 23.7 Å². The van der Waals surface area contributed by atoms with Gasteiger partial charge in [-0.1, -0.05) is 30.3 Å². The van der Waals surface area contributed by atoms with E-state index < -0.39 is 0 Å². The first-order valence-electron chi connectivity index (χ1n) is 11.9. The van der Waals surface area contributed by atoms with Gasteiger partial charge in [0, 0.05) is 57.4 Å². The van der Waals surface area contributed by atoms with Gasteiger partial charge in [-0.15, -0.1) is 0 Å². The summed E-state index contributed by atoms with van der Waals surface area (Å²) in [5, 5.41) is 3.16. The molecule has 0 aromatic heterocycles. The predicted octanol–water partition coefficient (Wildman–Crippen LogP) is 2.69. The molecule has 0 aliphatic carbocycles.